The van der Waals surface area contributed by atoms with Gasteiger partial charge in [-0.15, -0.1) is 0 Å². The van der Waals surface area contributed by atoms with Gasteiger partial charge >= 0.3 is 0 Å². The maximum Gasteiger partial charge on any atom is 0.228 e. The Morgan fingerprint density at radius 1 is 1.16 bits per heavy atom. The molecule has 1 heterocycles. The molecular weight excluding hydrogens is 236 g/mol. The van der Waals surface area contributed by atoms with Gasteiger partial charge in [-0.3, -0.25) is 4.79 Å². The first-order valence-electron chi connectivity index (χ1n) is 8.17. The van der Waals surface area contributed by atoms with E-state index in [9.17, 15) is 4.79 Å². The van der Waals surface area contributed by atoms with E-state index in [1.54, 1.807) is 0 Å². The standard InChI is InChI=1S/C16H30N2O/c1-13(2)16(10-11-17-12-16)15(19)18-14-8-6-4-3-5-7-9-14/h13-14,17H,3-12H2,1-2H3,(H,18,19). The summed E-state index contributed by atoms with van der Waals surface area (Å²) in [7, 11) is 0. The normalized spacial score (nSPS) is 30.1. The molecule has 0 bridgehead atoms. The average Bonchev–Trinajstić information content (AvgIpc) is 2.82. The van der Waals surface area contributed by atoms with E-state index < -0.39 is 0 Å². The SMILES string of the molecule is CC(C)C1(C(=O)NC2CCCCCCC2)CCNC1. The smallest absolute Gasteiger partial charge is 0.228 e. The maximum absolute atomic E-state index is 12.7. The molecule has 1 atom stereocenters. The van der Waals surface area contributed by atoms with Gasteiger partial charge in [-0.25, -0.2) is 0 Å². The Morgan fingerprint density at radius 2 is 1.79 bits per heavy atom. The number of nitrogens with one attached hydrogen (secondary N) is 2. The van der Waals surface area contributed by atoms with Crippen molar-refractivity contribution in [1.29, 1.82) is 0 Å². The predicted molar refractivity (Wildman–Crippen MR) is 79.0 cm³/mol. The third-order valence-electron chi connectivity index (χ3n) is 5.19. The van der Waals surface area contributed by atoms with Gasteiger partial charge in [0.25, 0.3) is 0 Å². The molecule has 0 aromatic carbocycles. The summed E-state index contributed by atoms with van der Waals surface area (Å²) in [6, 6.07) is 0.420. The van der Waals surface area contributed by atoms with E-state index in [0.717, 1.165) is 19.5 Å². The minimum absolute atomic E-state index is 0.164. The summed E-state index contributed by atoms with van der Waals surface area (Å²) in [6.45, 7) is 6.20. The molecule has 2 aliphatic rings. The fraction of sp³-hybridized carbons (Fsp3) is 0.938. The zero-order valence-electron chi connectivity index (χ0n) is 12.6. The van der Waals surface area contributed by atoms with E-state index in [2.05, 4.69) is 24.5 Å². The van der Waals surface area contributed by atoms with Gasteiger partial charge in [0.15, 0.2) is 0 Å². The number of carbonyl (C=O) groups excluding carboxylic acids is 1. The molecule has 0 aromatic rings. The first-order valence-corrected chi connectivity index (χ1v) is 8.17. The zero-order chi connectivity index (χ0) is 13.7. The van der Waals surface area contributed by atoms with Crippen LogP contribution in [0.5, 0.6) is 0 Å². The summed E-state index contributed by atoms with van der Waals surface area (Å²) in [6.07, 6.45) is 9.94. The molecule has 0 spiro atoms. The van der Waals surface area contributed by atoms with Crippen LogP contribution in [0.25, 0.3) is 0 Å². The molecule has 1 saturated heterocycles. The van der Waals surface area contributed by atoms with Gasteiger partial charge in [0.2, 0.25) is 5.91 Å². The highest BCUT2D eigenvalue weighted by Crippen LogP contribution is 2.34. The van der Waals surface area contributed by atoms with Crippen molar-refractivity contribution in [2.75, 3.05) is 13.1 Å². The van der Waals surface area contributed by atoms with E-state index in [1.807, 2.05) is 0 Å². The Kier molecular flexibility index (Phi) is 5.26. The molecule has 3 nitrogen and oxygen atoms in total. The molecule has 0 aromatic heterocycles. The van der Waals surface area contributed by atoms with Gasteiger partial charge in [-0.1, -0.05) is 46.0 Å². The fourth-order valence-electron chi connectivity index (χ4n) is 3.59. The number of carbonyl (C=O) groups is 1. The highest BCUT2D eigenvalue weighted by Gasteiger charge is 2.44. The lowest BCUT2D eigenvalue weighted by Crippen LogP contribution is -2.49. The number of hydrogen-bond donors (Lipinski definition) is 2. The summed E-state index contributed by atoms with van der Waals surface area (Å²) in [5, 5.41) is 6.75. The largest absolute Gasteiger partial charge is 0.353 e. The van der Waals surface area contributed by atoms with Crippen molar-refractivity contribution in [3.05, 3.63) is 0 Å². The fourth-order valence-corrected chi connectivity index (χ4v) is 3.59. The molecule has 1 amide bonds. The van der Waals surface area contributed by atoms with E-state index in [1.165, 1.54) is 44.9 Å². The lowest BCUT2D eigenvalue weighted by Gasteiger charge is -2.33. The predicted octanol–water partition coefficient (Wildman–Crippen LogP) is 2.85. The van der Waals surface area contributed by atoms with Crippen molar-refractivity contribution in [2.45, 2.75) is 71.3 Å². The number of amides is 1. The van der Waals surface area contributed by atoms with Crippen LogP contribution in [0.15, 0.2) is 0 Å². The third kappa shape index (κ3) is 3.50. The van der Waals surface area contributed by atoms with E-state index >= 15 is 0 Å². The lowest BCUT2D eigenvalue weighted by atomic mass is 9.75. The summed E-state index contributed by atoms with van der Waals surface area (Å²) < 4.78 is 0. The summed E-state index contributed by atoms with van der Waals surface area (Å²) in [5.74, 6) is 0.717. The third-order valence-corrected chi connectivity index (χ3v) is 5.19. The molecule has 19 heavy (non-hydrogen) atoms. The van der Waals surface area contributed by atoms with Crippen LogP contribution in [0.3, 0.4) is 0 Å². The maximum atomic E-state index is 12.7. The Balaban J connectivity index is 1.94. The molecule has 3 heteroatoms. The highest BCUT2D eigenvalue weighted by atomic mass is 16.2. The Bertz CT molecular complexity index is 287. The van der Waals surface area contributed by atoms with Crippen LogP contribution in [0.4, 0.5) is 0 Å². The lowest BCUT2D eigenvalue weighted by molar-refractivity contribution is -0.133. The van der Waals surface area contributed by atoms with Crippen molar-refractivity contribution in [2.24, 2.45) is 11.3 Å². The van der Waals surface area contributed by atoms with E-state index in [0.29, 0.717) is 17.9 Å². The second kappa shape index (κ2) is 6.74. The molecule has 0 radical (unpaired) electrons. The van der Waals surface area contributed by atoms with Crippen molar-refractivity contribution < 1.29 is 4.79 Å². The second-order valence-corrected chi connectivity index (χ2v) is 6.75. The first kappa shape index (κ1) is 14.8. The van der Waals surface area contributed by atoms with Gasteiger partial charge in [-0.05, 0) is 31.7 Å². The summed E-state index contributed by atoms with van der Waals surface area (Å²) in [5.41, 5.74) is -0.164. The topological polar surface area (TPSA) is 41.1 Å². The Labute approximate surface area is 117 Å². The minimum Gasteiger partial charge on any atom is -0.353 e. The molecule has 1 aliphatic heterocycles. The molecule has 2 N–H and O–H groups in total. The second-order valence-electron chi connectivity index (χ2n) is 6.75. The molecular formula is C16H30N2O. The Hall–Kier alpha value is -0.570. The first-order chi connectivity index (χ1) is 9.15. The van der Waals surface area contributed by atoms with Crippen molar-refractivity contribution in [3.63, 3.8) is 0 Å². The van der Waals surface area contributed by atoms with Crippen molar-refractivity contribution in [1.82, 2.24) is 10.6 Å². The van der Waals surface area contributed by atoms with Gasteiger partial charge in [0.1, 0.15) is 0 Å². The summed E-state index contributed by atoms with van der Waals surface area (Å²) in [4.78, 5) is 12.7. The molecule has 2 rings (SSSR count). The van der Waals surface area contributed by atoms with Crippen LogP contribution < -0.4 is 10.6 Å². The number of rotatable bonds is 3. The van der Waals surface area contributed by atoms with Gasteiger partial charge in [0, 0.05) is 12.6 Å². The van der Waals surface area contributed by atoms with Gasteiger partial charge in [0.05, 0.1) is 5.41 Å². The van der Waals surface area contributed by atoms with Gasteiger partial charge in [-0.2, -0.15) is 0 Å². The van der Waals surface area contributed by atoms with Crippen molar-refractivity contribution >= 4 is 5.91 Å². The molecule has 1 unspecified atom stereocenters. The van der Waals surface area contributed by atoms with Crippen molar-refractivity contribution in [3.8, 4) is 0 Å². The molecule has 1 aliphatic carbocycles. The molecule has 110 valence electrons. The minimum atomic E-state index is -0.164. The van der Waals surface area contributed by atoms with Crippen LogP contribution >= 0.6 is 0 Å². The van der Waals surface area contributed by atoms with Crippen LogP contribution in [0.1, 0.15) is 65.2 Å². The Morgan fingerprint density at radius 3 is 2.32 bits per heavy atom. The number of hydrogen-bond acceptors (Lipinski definition) is 2. The molecule has 2 fully saturated rings. The summed E-state index contributed by atoms with van der Waals surface area (Å²) >= 11 is 0. The van der Waals surface area contributed by atoms with Crippen LogP contribution in [-0.2, 0) is 4.79 Å². The average molecular weight is 266 g/mol. The van der Waals surface area contributed by atoms with E-state index in [4.69, 9.17) is 0 Å². The monoisotopic (exact) mass is 266 g/mol. The van der Waals surface area contributed by atoms with Gasteiger partial charge < -0.3 is 10.6 Å². The highest BCUT2D eigenvalue weighted by molar-refractivity contribution is 5.83. The quantitative estimate of drug-likeness (QED) is 0.824. The zero-order valence-corrected chi connectivity index (χ0v) is 12.6. The van der Waals surface area contributed by atoms with Crippen LogP contribution in [0, 0.1) is 11.3 Å². The van der Waals surface area contributed by atoms with Crippen LogP contribution in [-0.4, -0.2) is 25.0 Å². The molecule has 1 saturated carbocycles. The van der Waals surface area contributed by atoms with E-state index in [-0.39, 0.29) is 5.41 Å². The van der Waals surface area contributed by atoms with Crippen LogP contribution in [0.2, 0.25) is 0 Å².